The highest BCUT2D eigenvalue weighted by atomic mass is 16.5. The first-order valence-electron chi connectivity index (χ1n) is 6.68. The van der Waals surface area contributed by atoms with Crippen LogP contribution in [0.15, 0.2) is 18.2 Å². The number of ether oxygens (including phenoxy) is 2. The molecule has 0 bridgehead atoms. The molecule has 0 spiro atoms. The predicted octanol–water partition coefficient (Wildman–Crippen LogP) is 1.92. The second-order valence-corrected chi connectivity index (χ2v) is 5.27. The van der Waals surface area contributed by atoms with Gasteiger partial charge in [0.15, 0.2) is 0 Å². The molecular weight excluding hydrogens is 240 g/mol. The first kappa shape index (κ1) is 15.8. The van der Waals surface area contributed by atoms with E-state index >= 15 is 0 Å². The number of nitrogens with two attached hydrogens (primary N) is 1. The highest BCUT2D eigenvalue weighted by Gasteiger charge is 2.24. The Balaban J connectivity index is 2.81. The zero-order chi connectivity index (χ0) is 14.3. The number of benzene rings is 1. The highest BCUT2D eigenvalue weighted by Crippen LogP contribution is 2.33. The predicted molar refractivity (Wildman–Crippen MR) is 79.1 cm³/mol. The Bertz CT molecular complexity index is 392. The van der Waals surface area contributed by atoms with E-state index in [0.717, 1.165) is 37.6 Å². The smallest absolute Gasteiger partial charge is 0.126 e. The number of nitrogens with one attached hydrogen (secondary N) is 1. The molecule has 0 atom stereocenters. The molecule has 0 unspecified atom stereocenters. The van der Waals surface area contributed by atoms with Crippen LogP contribution in [0, 0.1) is 0 Å². The summed E-state index contributed by atoms with van der Waals surface area (Å²) in [5, 5.41) is 3.44. The van der Waals surface area contributed by atoms with Crippen molar-refractivity contribution in [1.29, 1.82) is 0 Å². The van der Waals surface area contributed by atoms with Crippen LogP contribution in [0.2, 0.25) is 0 Å². The number of hydrogen-bond donors (Lipinski definition) is 2. The molecule has 0 radical (unpaired) electrons. The van der Waals surface area contributed by atoms with Crippen LogP contribution in [-0.2, 0) is 5.41 Å². The summed E-state index contributed by atoms with van der Waals surface area (Å²) >= 11 is 0. The lowest BCUT2D eigenvalue weighted by molar-refractivity contribution is 0.374. The standard InChI is InChI=1S/C15H26N2O2/c1-15(2,11-17-9-5-8-16)13-7-6-12(18-3)10-14(13)19-4/h6-7,10,17H,5,8-9,11,16H2,1-4H3. The van der Waals surface area contributed by atoms with Gasteiger partial charge in [-0.2, -0.15) is 0 Å². The number of methoxy groups -OCH3 is 2. The molecule has 0 aliphatic heterocycles. The van der Waals surface area contributed by atoms with Crippen LogP contribution in [-0.4, -0.2) is 33.9 Å². The summed E-state index contributed by atoms with van der Waals surface area (Å²) in [7, 11) is 3.35. The molecule has 0 saturated carbocycles. The quantitative estimate of drug-likeness (QED) is 0.706. The fourth-order valence-electron chi connectivity index (χ4n) is 2.08. The van der Waals surface area contributed by atoms with E-state index in [1.54, 1.807) is 14.2 Å². The third kappa shape index (κ3) is 4.40. The Hall–Kier alpha value is -1.26. The first-order valence-corrected chi connectivity index (χ1v) is 6.68. The van der Waals surface area contributed by atoms with Gasteiger partial charge in [-0.25, -0.2) is 0 Å². The van der Waals surface area contributed by atoms with E-state index in [1.165, 1.54) is 5.56 Å². The van der Waals surface area contributed by atoms with Crippen LogP contribution in [0.4, 0.5) is 0 Å². The monoisotopic (exact) mass is 266 g/mol. The van der Waals surface area contributed by atoms with Crippen molar-refractivity contribution in [2.45, 2.75) is 25.7 Å². The van der Waals surface area contributed by atoms with E-state index in [-0.39, 0.29) is 5.41 Å². The topological polar surface area (TPSA) is 56.5 Å². The molecular formula is C15H26N2O2. The summed E-state index contributed by atoms with van der Waals surface area (Å²) in [5.74, 6) is 1.68. The molecule has 1 aromatic carbocycles. The molecule has 108 valence electrons. The molecule has 0 aromatic heterocycles. The van der Waals surface area contributed by atoms with Crippen LogP contribution < -0.4 is 20.5 Å². The lowest BCUT2D eigenvalue weighted by atomic mass is 9.83. The molecule has 4 heteroatoms. The zero-order valence-corrected chi connectivity index (χ0v) is 12.5. The Morgan fingerprint density at radius 3 is 2.53 bits per heavy atom. The van der Waals surface area contributed by atoms with Crippen LogP contribution >= 0.6 is 0 Å². The fourth-order valence-corrected chi connectivity index (χ4v) is 2.08. The molecule has 0 aliphatic rings. The average molecular weight is 266 g/mol. The minimum absolute atomic E-state index is 0.00772. The summed E-state index contributed by atoms with van der Waals surface area (Å²) in [4.78, 5) is 0. The first-order chi connectivity index (χ1) is 9.05. The van der Waals surface area contributed by atoms with Gasteiger partial charge in [0.2, 0.25) is 0 Å². The van der Waals surface area contributed by atoms with Gasteiger partial charge in [0.25, 0.3) is 0 Å². The Morgan fingerprint density at radius 2 is 1.95 bits per heavy atom. The molecule has 1 aromatic rings. The number of rotatable bonds is 8. The van der Waals surface area contributed by atoms with Gasteiger partial charge in [-0.1, -0.05) is 19.9 Å². The third-order valence-electron chi connectivity index (χ3n) is 3.26. The van der Waals surface area contributed by atoms with E-state index in [9.17, 15) is 0 Å². The Labute approximate surface area is 116 Å². The molecule has 0 aliphatic carbocycles. The van der Waals surface area contributed by atoms with Gasteiger partial charge in [-0.3, -0.25) is 0 Å². The molecule has 0 saturated heterocycles. The van der Waals surface area contributed by atoms with Crippen molar-refractivity contribution in [3.63, 3.8) is 0 Å². The molecule has 4 nitrogen and oxygen atoms in total. The summed E-state index contributed by atoms with van der Waals surface area (Å²) in [6.45, 7) is 6.95. The molecule has 0 fully saturated rings. The maximum absolute atomic E-state index is 5.49. The second-order valence-electron chi connectivity index (χ2n) is 5.27. The number of hydrogen-bond acceptors (Lipinski definition) is 4. The lowest BCUT2D eigenvalue weighted by Gasteiger charge is -2.28. The van der Waals surface area contributed by atoms with E-state index in [2.05, 4.69) is 25.2 Å². The minimum Gasteiger partial charge on any atom is -0.497 e. The zero-order valence-electron chi connectivity index (χ0n) is 12.5. The van der Waals surface area contributed by atoms with Crippen LogP contribution in [0.3, 0.4) is 0 Å². The molecule has 3 N–H and O–H groups in total. The highest BCUT2D eigenvalue weighted by molar-refractivity contribution is 5.44. The summed E-state index contributed by atoms with van der Waals surface area (Å²) in [6, 6.07) is 5.97. The molecule has 19 heavy (non-hydrogen) atoms. The van der Waals surface area contributed by atoms with E-state index in [1.807, 2.05) is 12.1 Å². The van der Waals surface area contributed by atoms with Crippen molar-refractivity contribution >= 4 is 0 Å². The van der Waals surface area contributed by atoms with E-state index in [4.69, 9.17) is 15.2 Å². The Kier molecular flexibility index (Phi) is 6.12. The lowest BCUT2D eigenvalue weighted by Crippen LogP contribution is -2.34. The summed E-state index contributed by atoms with van der Waals surface area (Å²) < 4.78 is 10.7. The van der Waals surface area contributed by atoms with Crippen molar-refractivity contribution in [2.75, 3.05) is 33.9 Å². The van der Waals surface area contributed by atoms with Crippen LogP contribution in [0.25, 0.3) is 0 Å². The molecule has 0 heterocycles. The van der Waals surface area contributed by atoms with Crippen molar-refractivity contribution in [3.8, 4) is 11.5 Å². The normalized spacial score (nSPS) is 11.4. The van der Waals surface area contributed by atoms with Gasteiger partial charge in [-0.05, 0) is 25.6 Å². The van der Waals surface area contributed by atoms with Crippen LogP contribution in [0.1, 0.15) is 25.8 Å². The van der Waals surface area contributed by atoms with Gasteiger partial charge in [-0.15, -0.1) is 0 Å². The minimum atomic E-state index is -0.00772. The van der Waals surface area contributed by atoms with Crippen LogP contribution in [0.5, 0.6) is 11.5 Å². The third-order valence-corrected chi connectivity index (χ3v) is 3.26. The fraction of sp³-hybridized carbons (Fsp3) is 0.600. The molecule has 1 rings (SSSR count). The average Bonchev–Trinajstić information content (AvgIpc) is 2.42. The summed E-state index contributed by atoms with van der Waals surface area (Å²) in [5.41, 5.74) is 6.66. The second kappa shape index (κ2) is 7.36. The van der Waals surface area contributed by atoms with Crippen molar-refractivity contribution < 1.29 is 9.47 Å². The summed E-state index contributed by atoms with van der Waals surface area (Å²) in [6.07, 6.45) is 0.996. The van der Waals surface area contributed by atoms with Crippen molar-refractivity contribution in [3.05, 3.63) is 23.8 Å². The van der Waals surface area contributed by atoms with Crippen molar-refractivity contribution in [2.24, 2.45) is 5.73 Å². The van der Waals surface area contributed by atoms with Crippen molar-refractivity contribution in [1.82, 2.24) is 5.32 Å². The van der Waals surface area contributed by atoms with E-state index < -0.39 is 0 Å². The maximum Gasteiger partial charge on any atom is 0.126 e. The van der Waals surface area contributed by atoms with Gasteiger partial charge in [0.05, 0.1) is 14.2 Å². The SMILES string of the molecule is COc1ccc(C(C)(C)CNCCCN)c(OC)c1. The molecule has 0 amide bonds. The van der Waals surface area contributed by atoms with Gasteiger partial charge < -0.3 is 20.5 Å². The largest absolute Gasteiger partial charge is 0.497 e. The maximum atomic E-state index is 5.49. The van der Waals surface area contributed by atoms with Gasteiger partial charge >= 0.3 is 0 Å². The van der Waals surface area contributed by atoms with E-state index in [0.29, 0.717) is 0 Å². The Morgan fingerprint density at radius 1 is 1.21 bits per heavy atom. The van der Waals surface area contributed by atoms with Gasteiger partial charge in [0.1, 0.15) is 11.5 Å². The van der Waals surface area contributed by atoms with Gasteiger partial charge in [0, 0.05) is 23.6 Å².